The van der Waals surface area contributed by atoms with Gasteiger partial charge in [-0.15, -0.1) is 0 Å². The van der Waals surface area contributed by atoms with E-state index in [1.807, 2.05) is 20.1 Å². The quantitative estimate of drug-likeness (QED) is 0.521. The summed E-state index contributed by atoms with van der Waals surface area (Å²) in [5, 5.41) is 13.3. The van der Waals surface area contributed by atoms with Crippen LogP contribution in [0.2, 0.25) is 0 Å². The topological polar surface area (TPSA) is 84.6 Å². The van der Waals surface area contributed by atoms with E-state index < -0.39 is 12.2 Å². The van der Waals surface area contributed by atoms with Crippen LogP contribution in [0.15, 0.2) is 0 Å². The van der Waals surface area contributed by atoms with Crippen molar-refractivity contribution in [2.45, 2.75) is 77.0 Å². The standard InChI is InChI=1S/C18H36N2O3S/c1-13(2)17(20-18(22)23-9-10-24-3)12-15(21)11-16(19)14-7-5-4-6-8-14/h13-17,21H,4-12,19H2,1-3H3,(H,20,22)/t15-,16-,17-/m0/s1. The lowest BCUT2D eigenvalue weighted by atomic mass is 9.81. The van der Waals surface area contributed by atoms with Crippen molar-refractivity contribution >= 4 is 17.9 Å². The molecule has 24 heavy (non-hydrogen) atoms. The first-order valence-electron chi connectivity index (χ1n) is 9.29. The van der Waals surface area contributed by atoms with Crippen LogP contribution in [-0.4, -0.2) is 48.0 Å². The van der Waals surface area contributed by atoms with Crippen molar-refractivity contribution in [3.05, 3.63) is 0 Å². The minimum Gasteiger partial charge on any atom is -0.449 e. The van der Waals surface area contributed by atoms with Crippen LogP contribution in [0.25, 0.3) is 0 Å². The van der Waals surface area contributed by atoms with Gasteiger partial charge in [0.05, 0.1) is 6.10 Å². The van der Waals surface area contributed by atoms with Crippen LogP contribution in [0.5, 0.6) is 0 Å². The number of rotatable bonds is 10. The van der Waals surface area contributed by atoms with Crippen molar-refractivity contribution in [2.75, 3.05) is 18.6 Å². The lowest BCUT2D eigenvalue weighted by Crippen LogP contribution is -2.43. The summed E-state index contributed by atoms with van der Waals surface area (Å²) in [7, 11) is 0. The SMILES string of the molecule is CSCCOC(=O)N[C@@H](C[C@@H](O)C[C@H](N)C1CCCCC1)C(C)C. The van der Waals surface area contributed by atoms with Crippen molar-refractivity contribution in [3.63, 3.8) is 0 Å². The number of carbonyl (C=O) groups is 1. The van der Waals surface area contributed by atoms with Crippen LogP contribution in [0.4, 0.5) is 4.79 Å². The van der Waals surface area contributed by atoms with Gasteiger partial charge in [0.2, 0.25) is 0 Å². The summed E-state index contributed by atoms with van der Waals surface area (Å²) < 4.78 is 5.14. The molecular formula is C18H36N2O3S. The van der Waals surface area contributed by atoms with E-state index in [4.69, 9.17) is 10.5 Å². The van der Waals surface area contributed by atoms with Crippen molar-refractivity contribution in [3.8, 4) is 0 Å². The maximum atomic E-state index is 11.8. The number of hydrogen-bond donors (Lipinski definition) is 3. The first-order valence-corrected chi connectivity index (χ1v) is 10.7. The van der Waals surface area contributed by atoms with Crippen molar-refractivity contribution in [1.82, 2.24) is 5.32 Å². The number of amides is 1. The second-order valence-corrected chi connectivity index (χ2v) is 8.30. The van der Waals surface area contributed by atoms with Gasteiger partial charge in [0.1, 0.15) is 6.61 Å². The Morgan fingerprint density at radius 3 is 2.54 bits per heavy atom. The van der Waals surface area contributed by atoms with Gasteiger partial charge in [0, 0.05) is 17.8 Å². The largest absolute Gasteiger partial charge is 0.449 e. The summed E-state index contributed by atoms with van der Waals surface area (Å²) >= 11 is 1.64. The van der Waals surface area contributed by atoms with Gasteiger partial charge in [-0.25, -0.2) is 4.79 Å². The molecule has 5 nitrogen and oxygen atoms in total. The third-order valence-electron chi connectivity index (χ3n) is 4.95. The number of carbonyl (C=O) groups excluding carboxylic acids is 1. The zero-order valence-corrected chi connectivity index (χ0v) is 16.3. The maximum Gasteiger partial charge on any atom is 0.407 e. The number of aliphatic hydroxyl groups excluding tert-OH is 1. The number of alkyl carbamates (subject to hydrolysis) is 1. The zero-order valence-electron chi connectivity index (χ0n) is 15.5. The predicted molar refractivity (Wildman–Crippen MR) is 101 cm³/mol. The fourth-order valence-corrected chi connectivity index (χ4v) is 3.62. The maximum absolute atomic E-state index is 11.8. The highest BCUT2D eigenvalue weighted by atomic mass is 32.2. The molecule has 0 aliphatic heterocycles. The van der Waals surface area contributed by atoms with Gasteiger partial charge in [0.15, 0.2) is 0 Å². The second-order valence-electron chi connectivity index (χ2n) is 7.31. The normalized spacial score (nSPS) is 19.8. The summed E-state index contributed by atoms with van der Waals surface area (Å²) in [5.41, 5.74) is 6.31. The number of thioether (sulfide) groups is 1. The molecule has 0 aromatic heterocycles. The summed E-state index contributed by atoms with van der Waals surface area (Å²) in [6.07, 6.45) is 8.41. The molecule has 0 aromatic carbocycles. The average Bonchev–Trinajstić information content (AvgIpc) is 2.55. The van der Waals surface area contributed by atoms with E-state index in [9.17, 15) is 9.90 Å². The predicted octanol–water partition coefficient (Wildman–Crippen LogP) is 3.15. The molecule has 0 radical (unpaired) electrons. The molecule has 0 saturated heterocycles. The minimum absolute atomic E-state index is 0.0571. The Morgan fingerprint density at radius 1 is 1.29 bits per heavy atom. The first-order chi connectivity index (χ1) is 11.4. The third-order valence-corrected chi connectivity index (χ3v) is 5.53. The molecule has 3 atom stereocenters. The molecule has 1 amide bonds. The molecule has 6 heteroatoms. The molecule has 1 fully saturated rings. The van der Waals surface area contributed by atoms with Crippen LogP contribution in [0.3, 0.4) is 0 Å². The molecule has 0 unspecified atom stereocenters. The van der Waals surface area contributed by atoms with Crippen molar-refractivity contribution in [1.29, 1.82) is 0 Å². The number of ether oxygens (including phenoxy) is 1. The van der Waals surface area contributed by atoms with Crippen LogP contribution >= 0.6 is 11.8 Å². The molecule has 1 aliphatic rings. The van der Waals surface area contributed by atoms with E-state index in [2.05, 4.69) is 5.32 Å². The van der Waals surface area contributed by atoms with Gasteiger partial charge < -0.3 is 20.9 Å². The van der Waals surface area contributed by atoms with Crippen LogP contribution in [0, 0.1) is 11.8 Å². The molecule has 1 rings (SSSR count). The average molecular weight is 361 g/mol. The third kappa shape index (κ3) is 8.58. The molecule has 1 saturated carbocycles. The van der Waals surface area contributed by atoms with E-state index in [-0.39, 0.29) is 18.0 Å². The fraction of sp³-hybridized carbons (Fsp3) is 0.944. The van der Waals surface area contributed by atoms with E-state index in [0.717, 1.165) is 5.75 Å². The number of hydrogen-bond acceptors (Lipinski definition) is 5. The Morgan fingerprint density at radius 2 is 1.96 bits per heavy atom. The van der Waals surface area contributed by atoms with Crippen molar-refractivity contribution in [2.24, 2.45) is 17.6 Å². The van der Waals surface area contributed by atoms with E-state index in [1.54, 1.807) is 11.8 Å². The van der Waals surface area contributed by atoms with Crippen LogP contribution in [-0.2, 0) is 4.74 Å². The lowest BCUT2D eigenvalue weighted by Gasteiger charge is -2.30. The molecule has 4 N–H and O–H groups in total. The second kappa shape index (κ2) is 12.0. The molecule has 0 spiro atoms. The summed E-state index contributed by atoms with van der Waals surface area (Å²) in [5.74, 6) is 1.56. The molecule has 142 valence electrons. The molecular weight excluding hydrogens is 324 g/mol. The van der Waals surface area contributed by atoms with E-state index >= 15 is 0 Å². The van der Waals surface area contributed by atoms with Gasteiger partial charge in [-0.3, -0.25) is 0 Å². The summed E-state index contributed by atoms with van der Waals surface area (Å²) in [4.78, 5) is 11.8. The van der Waals surface area contributed by atoms with Crippen LogP contribution in [0.1, 0.15) is 58.8 Å². The molecule has 1 aliphatic carbocycles. The zero-order chi connectivity index (χ0) is 17.9. The van der Waals surface area contributed by atoms with E-state index in [1.165, 1.54) is 32.1 Å². The highest BCUT2D eigenvalue weighted by molar-refractivity contribution is 7.98. The monoisotopic (exact) mass is 360 g/mol. The Kier molecular flexibility index (Phi) is 10.8. The Labute approximate surface area is 151 Å². The van der Waals surface area contributed by atoms with Gasteiger partial charge >= 0.3 is 6.09 Å². The van der Waals surface area contributed by atoms with Gasteiger partial charge in [-0.1, -0.05) is 33.1 Å². The molecule has 0 bridgehead atoms. The Hall–Kier alpha value is -0.460. The fourth-order valence-electron chi connectivity index (χ4n) is 3.37. The van der Waals surface area contributed by atoms with E-state index in [0.29, 0.717) is 25.4 Å². The van der Waals surface area contributed by atoms with Crippen LogP contribution < -0.4 is 11.1 Å². The number of aliphatic hydroxyl groups is 1. The molecule has 0 aromatic rings. The Balaban J connectivity index is 2.38. The smallest absolute Gasteiger partial charge is 0.407 e. The Bertz CT molecular complexity index is 349. The van der Waals surface area contributed by atoms with Gasteiger partial charge in [0.25, 0.3) is 0 Å². The number of nitrogens with two attached hydrogens (primary N) is 1. The highest BCUT2D eigenvalue weighted by Crippen LogP contribution is 2.28. The van der Waals surface area contributed by atoms with Crippen molar-refractivity contribution < 1.29 is 14.6 Å². The van der Waals surface area contributed by atoms with Gasteiger partial charge in [-0.05, 0) is 43.8 Å². The first kappa shape index (κ1) is 21.6. The minimum atomic E-state index is -0.485. The van der Waals surface area contributed by atoms with Gasteiger partial charge in [-0.2, -0.15) is 11.8 Å². The summed E-state index contributed by atoms with van der Waals surface area (Å²) in [6, 6.07) is -0.0398. The lowest BCUT2D eigenvalue weighted by molar-refractivity contribution is 0.103. The highest BCUT2D eigenvalue weighted by Gasteiger charge is 2.26. The number of nitrogens with one attached hydrogen (secondary N) is 1. The molecule has 0 heterocycles. The summed E-state index contributed by atoms with van der Waals surface area (Å²) in [6.45, 7) is 4.49.